The summed E-state index contributed by atoms with van der Waals surface area (Å²) in [7, 11) is 0. The van der Waals surface area contributed by atoms with E-state index in [1.165, 1.54) is 167 Å². The van der Waals surface area contributed by atoms with E-state index in [0.29, 0.717) is 29.4 Å². The molecule has 9 heteroatoms. The number of hydrogen-bond acceptors (Lipinski definition) is 8. The zero-order chi connectivity index (χ0) is 44.8. The smallest absolute Gasteiger partial charge is 0.211 e. The highest BCUT2D eigenvalue weighted by atomic mass is 32.2. The van der Waals surface area contributed by atoms with Crippen molar-refractivity contribution in [3.8, 4) is 5.75 Å². The highest BCUT2D eigenvalue weighted by Gasteiger charge is 2.28. The van der Waals surface area contributed by atoms with Gasteiger partial charge in [-0.15, -0.1) is 5.10 Å². The third-order valence-electron chi connectivity index (χ3n) is 12.0. The van der Waals surface area contributed by atoms with Crippen LogP contribution in [-0.4, -0.2) is 29.7 Å². The number of phenols is 1. The fourth-order valence-corrected chi connectivity index (χ4v) is 9.61. The van der Waals surface area contributed by atoms with Gasteiger partial charge in [0.15, 0.2) is 16.0 Å². The first-order valence-electron chi connectivity index (χ1n) is 25.3. The predicted octanol–water partition coefficient (Wildman–Crippen LogP) is 17.5. The van der Waals surface area contributed by atoms with E-state index in [9.17, 15) is 14.7 Å². The SMILES string of the molecule is CCCCCCCCCCCCCCCCCC(=O)Sc1nnn(SC(=O)CCCCCCCCCCCCCCCCC)c1Nc1cc(C(C)(C)C)c(O)c(C(C)(C)C)c1. The van der Waals surface area contributed by atoms with E-state index in [1.54, 1.807) is 4.09 Å². The number of carbonyl (C=O) groups is 2. The van der Waals surface area contributed by atoms with E-state index in [-0.39, 0.29) is 21.1 Å². The summed E-state index contributed by atoms with van der Waals surface area (Å²) in [4.78, 5) is 26.6. The monoisotopic (exact) mass is 885 g/mol. The van der Waals surface area contributed by atoms with E-state index in [1.807, 2.05) is 12.1 Å². The van der Waals surface area contributed by atoms with Gasteiger partial charge >= 0.3 is 0 Å². The number of benzene rings is 1. The molecule has 0 unspecified atom stereocenters. The van der Waals surface area contributed by atoms with Crippen LogP contribution < -0.4 is 5.32 Å². The van der Waals surface area contributed by atoms with E-state index < -0.39 is 0 Å². The Hall–Kier alpha value is -2.00. The average molecular weight is 885 g/mol. The van der Waals surface area contributed by atoms with Gasteiger partial charge in [-0.2, -0.15) is 4.09 Å². The minimum atomic E-state index is -0.307. The van der Waals surface area contributed by atoms with E-state index in [0.717, 1.165) is 66.2 Å². The Bertz CT molecular complexity index is 1360. The van der Waals surface area contributed by atoms with Gasteiger partial charge in [-0.05, 0) is 47.6 Å². The summed E-state index contributed by atoms with van der Waals surface area (Å²) in [6.45, 7) is 17.1. The largest absolute Gasteiger partial charge is 0.507 e. The summed E-state index contributed by atoms with van der Waals surface area (Å²) in [6.07, 6.45) is 39.7. The molecule has 0 aliphatic rings. The standard InChI is InChI=1S/C52H92N4O3S2/c1-9-11-13-15-17-19-21-23-25-27-29-31-33-35-37-39-46(57)60-50-49(53-43-41-44(51(3,4)5)48(59)45(42-43)52(6,7)8)56(55-54-50)61-47(58)40-38-36-34-32-30-28-26-24-22-20-18-16-14-12-10-2/h41-42,53,59H,9-40H2,1-8H3. The number of nitrogens with one attached hydrogen (secondary N) is 1. The number of anilines is 2. The molecule has 0 aliphatic heterocycles. The molecule has 0 radical (unpaired) electrons. The van der Waals surface area contributed by atoms with Gasteiger partial charge in [0.25, 0.3) is 0 Å². The molecule has 2 aromatic rings. The van der Waals surface area contributed by atoms with Crippen molar-refractivity contribution >= 4 is 45.4 Å². The maximum absolute atomic E-state index is 13.3. The molecule has 2 rings (SSSR count). The summed E-state index contributed by atoms with van der Waals surface area (Å²) in [5.74, 6) is 0.827. The fraction of sp³-hybridized carbons (Fsp3) is 0.808. The normalized spacial score (nSPS) is 12.1. The molecule has 0 aliphatic carbocycles. The molecule has 7 nitrogen and oxygen atoms in total. The molecule has 1 heterocycles. The molecule has 350 valence electrons. The van der Waals surface area contributed by atoms with Gasteiger partial charge in [0.1, 0.15) is 5.75 Å². The Balaban J connectivity index is 1.90. The van der Waals surface area contributed by atoms with Crippen LogP contribution in [0, 0.1) is 0 Å². The number of phenolic OH excluding ortho intramolecular Hbond substituents is 1. The number of aromatic nitrogens is 3. The van der Waals surface area contributed by atoms with Crippen LogP contribution in [0.3, 0.4) is 0 Å². The van der Waals surface area contributed by atoms with Crippen LogP contribution in [0.2, 0.25) is 0 Å². The van der Waals surface area contributed by atoms with Gasteiger partial charge in [0.2, 0.25) is 5.12 Å². The van der Waals surface area contributed by atoms with Crippen molar-refractivity contribution in [3.05, 3.63) is 23.3 Å². The lowest BCUT2D eigenvalue weighted by molar-refractivity contribution is -0.111. The van der Waals surface area contributed by atoms with Crippen molar-refractivity contribution in [2.24, 2.45) is 0 Å². The van der Waals surface area contributed by atoms with Crippen LogP contribution in [-0.2, 0) is 20.4 Å². The third kappa shape index (κ3) is 25.2. The first-order valence-corrected chi connectivity index (χ1v) is 26.9. The summed E-state index contributed by atoms with van der Waals surface area (Å²) in [5.41, 5.74) is 1.81. The zero-order valence-electron chi connectivity index (χ0n) is 40.7. The molecule has 0 saturated carbocycles. The summed E-state index contributed by atoms with van der Waals surface area (Å²) >= 11 is 2.17. The van der Waals surface area contributed by atoms with Crippen molar-refractivity contribution in [2.75, 3.05) is 5.32 Å². The van der Waals surface area contributed by atoms with Crippen LogP contribution in [0.5, 0.6) is 5.75 Å². The quantitative estimate of drug-likeness (QED) is 0.0397. The molecular weight excluding hydrogens is 793 g/mol. The summed E-state index contributed by atoms with van der Waals surface area (Å²) in [5, 5.41) is 24.3. The lowest BCUT2D eigenvalue weighted by Gasteiger charge is -2.28. The number of aromatic hydroxyl groups is 1. The highest BCUT2D eigenvalue weighted by molar-refractivity contribution is 8.14. The van der Waals surface area contributed by atoms with Crippen LogP contribution in [0.4, 0.5) is 11.5 Å². The van der Waals surface area contributed by atoms with Crippen LogP contribution in [0.1, 0.15) is 272 Å². The Kier molecular flexibility index (Phi) is 29.5. The Morgan fingerprint density at radius 1 is 0.541 bits per heavy atom. The topological polar surface area (TPSA) is 97.1 Å². The number of carbonyl (C=O) groups excluding carboxylic acids is 2. The molecule has 0 spiro atoms. The Morgan fingerprint density at radius 2 is 0.869 bits per heavy atom. The average Bonchev–Trinajstić information content (AvgIpc) is 3.56. The molecule has 0 fully saturated rings. The lowest BCUT2D eigenvalue weighted by atomic mass is 9.79. The maximum Gasteiger partial charge on any atom is 0.211 e. The first kappa shape index (κ1) is 55.1. The minimum absolute atomic E-state index is 0.0415. The fourth-order valence-electron chi connectivity index (χ4n) is 8.06. The van der Waals surface area contributed by atoms with Crippen molar-refractivity contribution in [1.82, 2.24) is 14.4 Å². The second-order valence-corrected chi connectivity index (χ2v) is 22.0. The van der Waals surface area contributed by atoms with Gasteiger partial charge < -0.3 is 10.4 Å². The summed E-state index contributed by atoms with van der Waals surface area (Å²) in [6, 6.07) is 3.94. The number of nitrogens with zero attached hydrogens (tertiary/aromatic N) is 3. The molecule has 0 saturated heterocycles. The number of thioether (sulfide) groups is 1. The molecular formula is C52H92N4O3S2. The van der Waals surface area contributed by atoms with Gasteiger partial charge in [-0.25, -0.2) is 0 Å². The molecule has 0 amide bonds. The van der Waals surface area contributed by atoms with Crippen molar-refractivity contribution in [3.63, 3.8) is 0 Å². The molecule has 61 heavy (non-hydrogen) atoms. The molecule has 1 aromatic heterocycles. The predicted molar refractivity (Wildman–Crippen MR) is 267 cm³/mol. The van der Waals surface area contributed by atoms with Gasteiger partial charge in [-0.3, -0.25) is 9.59 Å². The van der Waals surface area contributed by atoms with Gasteiger partial charge in [0.05, 0.1) is 11.9 Å². The van der Waals surface area contributed by atoms with Crippen molar-refractivity contribution in [2.45, 2.75) is 277 Å². The second kappa shape index (κ2) is 32.6. The Morgan fingerprint density at radius 3 is 1.21 bits per heavy atom. The number of hydrogen-bond donors (Lipinski definition) is 2. The van der Waals surface area contributed by atoms with E-state index in [4.69, 9.17) is 0 Å². The minimum Gasteiger partial charge on any atom is -0.507 e. The van der Waals surface area contributed by atoms with Crippen LogP contribution in [0.15, 0.2) is 17.2 Å². The lowest BCUT2D eigenvalue weighted by Crippen LogP contribution is -2.18. The third-order valence-corrected chi connectivity index (χ3v) is 13.7. The molecule has 2 N–H and O–H groups in total. The number of rotatable bonds is 36. The second-order valence-electron chi connectivity index (χ2n) is 20.0. The zero-order valence-corrected chi connectivity index (χ0v) is 42.3. The van der Waals surface area contributed by atoms with Crippen LogP contribution in [0.25, 0.3) is 0 Å². The molecule has 1 aromatic carbocycles. The Labute approximate surface area is 383 Å². The number of unbranched alkanes of at least 4 members (excludes halogenated alkanes) is 28. The summed E-state index contributed by atoms with van der Waals surface area (Å²) < 4.78 is 1.55. The van der Waals surface area contributed by atoms with Gasteiger partial charge in [-0.1, -0.05) is 240 Å². The van der Waals surface area contributed by atoms with Crippen molar-refractivity contribution in [1.29, 1.82) is 0 Å². The molecule has 0 bridgehead atoms. The first-order chi connectivity index (χ1) is 29.3. The van der Waals surface area contributed by atoms with Gasteiger partial charge in [0, 0.05) is 29.7 Å². The highest BCUT2D eigenvalue weighted by Crippen LogP contribution is 2.42. The maximum atomic E-state index is 13.3. The van der Waals surface area contributed by atoms with Crippen LogP contribution >= 0.6 is 23.7 Å². The molecule has 0 atom stereocenters. The van der Waals surface area contributed by atoms with E-state index >= 15 is 0 Å². The van der Waals surface area contributed by atoms with E-state index in [2.05, 4.69) is 71.0 Å². The van der Waals surface area contributed by atoms with Crippen molar-refractivity contribution < 1.29 is 14.7 Å².